The lowest BCUT2D eigenvalue weighted by Gasteiger charge is -2.09. The first kappa shape index (κ1) is 15.6. The van der Waals surface area contributed by atoms with Gasteiger partial charge in [0.25, 0.3) is 5.56 Å². The molecule has 0 bridgehead atoms. The summed E-state index contributed by atoms with van der Waals surface area (Å²) in [6, 6.07) is 19.0. The molecule has 0 aliphatic rings. The standard InChI is InChI=1S/C20H16N2O2/c1-13-6-8-14(9-7-13)17-11-19(22-20(23)18(17)12-21)15-4-3-5-16(10-15)24-2/h3-11H,1-2H3,(H,22,23). The zero-order chi connectivity index (χ0) is 17.1. The number of aromatic nitrogens is 1. The molecule has 0 saturated heterocycles. The van der Waals surface area contributed by atoms with Crippen molar-refractivity contribution >= 4 is 0 Å². The van der Waals surface area contributed by atoms with Crippen molar-refractivity contribution in [3.63, 3.8) is 0 Å². The van der Waals surface area contributed by atoms with E-state index in [1.54, 1.807) is 7.11 Å². The molecule has 3 aromatic rings. The highest BCUT2D eigenvalue weighted by molar-refractivity contribution is 5.75. The van der Waals surface area contributed by atoms with Crippen molar-refractivity contribution in [3.8, 4) is 34.2 Å². The van der Waals surface area contributed by atoms with E-state index in [1.807, 2.05) is 67.6 Å². The van der Waals surface area contributed by atoms with E-state index in [-0.39, 0.29) is 5.56 Å². The van der Waals surface area contributed by atoms with Crippen molar-refractivity contribution in [2.24, 2.45) is 0 Å². The van der Waals surface area contributed by atoms with Crippen LogP contribution in [-0.4, -0.2) is 12.1 Å². The third kappa shape index (κ3) is 2.92. The van der Waals surface area contributed by atoms with Crippen LogP contribution in [0.25, 0.3) is 22.4 Å². The number of nitrogens with one attached hydrogen (secondary N) is 1. The number of benzene rings is 2. The van der Waals surface area contributed by atoms with Crippen LogP contribution < -0.4 is 10.3 Å². The first-order valence-corrected chi connectivity index (χ1v) is 7.51. The summed E-state index contributed by atoms with van der Waals surface area (Å²) in [5.41, 5.74) is 3.78. The fourth-order valence-corrected chi connectivity index (χ4v) is 2.58. The van der Waals surface area contributed by atoms with Gasteiger partial charge in [-0.3, -0.25) is 4.79 Å². The molecule has 3 rings (SSSR count). The van der Waals surface area contributed by atoms with Gasteiger partial charge in [-0.05, 0) is 30.7 Å². The van der Waals surface area contributed by atoms with Crippen LogP contribution in [0, 0.1) is 18.3 Å². The number of aryl methyl sites for hydroxylation is 1. The van der Waals surface area contributed by atoms with Gasteiger partial charge < -0.3 is 9.72 Å². The van der Waals surface area contributed by atoms with E-state index in [9.17, 15) is 10.1 Å². The normalized spacial score (nSPS) is 10.2. The number of hydrogen-bond donors (Lipinski definition) is 1. The Kier molecular flexibility index (Phi) is 4.17. The van der Waals surface area contributed by atoms with Crippen molar-refractivity contribution in [2.45, 2.75) is 6.92 Å². The van der Waals surface area contributed by atoms with E-state index in [2.05, 4.69) is 4.98 Å². The van der Waals surface area contributed by atoms with E-state index in [1.165, 1.54) is 0 Å². The lowest BCUT2D eigenvalue weighted by Crippen LogP contribution is -2.12. The van der Waals surface area contributed by atoms with Gasteiger partial charge in [-0.25, -0.2) is 0 Å². The molecule has 2 aromatic carbocycles. The molecule has 118 valence electrons. The molecule has 0 aliphatic heterocycles. The summed E-state index contributed by atoms with van der Waals surface area (Å²) in [5, 5.41) is 9.37. The van der Waals surface area contributed by atoms with Crippen LogP contribution in [0.2, 0.25) is 0 Å². The second-order valence-electron chi connectivity index (χ2n) is 5.51. The molecule has 1 heterocycles. The van der Waals surface area contributed by atoms with Crippen LogP contribution in [0.4, 0.5) is 0 Å². The molecule has 0 radical (unpaired) electrons. The van der Waals surface area contributed by atoms with Crippen LogP contribution in [0.3, 0.4) is 0 Å². The molecular formula is C20H16N2O2. The fraction of sp³-hybridized carbons (Fsp3) is 0.100. The quantitative estimate of drug-likeness (QED) is 0.797. The van der Waals surface area contributed by atoms with E-state index < -0.39 is 5.56 Å². The molecule has 0 fully saturated rings. The number of nitriles is 1. The van der Waals surface area contributed by atoms with Gasteiger partial charge in [-0.15, -0.1) is 0 Å². The van der Waals surface area contributed by atoms with Crippen LogP contribution in [0.1, 0.15) is 11.1 Å². The van der Waals surface area contributed by atoms with Crippen LogP contribution in [0.5, 0.6) is 5.75 Å². The number of ether oxygens (including phenoxy) is 1. The molecular weight excluding hydrogens is 300 g/mol. The van der Waals surface area contributed by atoms with Gasteiger partial charge in [0.2, 0.25) is 0 Å². The van der Waals surface area contributed by atoms with Gasteiger partial charge in [0, 0.05) is 16.8 Å². The Morgan fingerprint density at radius 3 is 2.46 bits per heavy atom. The summed E-state index contributed by atoms with van der Waals surface area (Å²) in [7, 11) is 1.60. The van der Waals surface area contributed by atoms with E-state index in [0.29, 0.717) is 17.0 Å². The van der Waals surface area contributed by atoms with Crippen LogP contribution >= 0.6 is 0 Å². The third-order valence-electron chi connectivity index (χ3n) is 3.89. The minimum absolute atomic E-state index is 0.116. The molecule has 24 heavy (non-hydrogen) atoms. The summed E-state index contributed by atoms with van der Waals surface area (Å²) >= 11 is 0. The Bertz CT molecular complexity index is 980. The molecule has 4 nitrogen and oxygen atoms in total. The molecule has 0 unspecified atom stereocenters. The van der Waals surface area contributed by atoms with Crippen molar-refractivity contribution in [2.75, 3.05) is 7.11 Å². The molecule has 1 aromatic heterocycles. The lowest BCUT2D eigenvalue weighted by molar-refractivity contribution is 0.415. The van der Waals surface area contributed by atoms with Crippen LogP contribution in [0.15, 0.2) is 59.4 Å². The smallest absolute Gasteiger partial charge is 0.266 e. The summed E-state index contributed by atoms with van der Waals surface area (Å²) < 4.78 is 5.24. The summed E-state index contributed by atoms with van der Waals surface area (Å²) in [5.74, 6) is 0.703. The number of pyridine rings is 1. The number of nitrogens with zero attached hydrogens (tertiary/aromatic N) is 1. The fourth-order valence-electron chi connectivity index (χ4n) is 2.58. The Morgan fingerprint density at radius 2 is 1.79 bits per heavy atom. The summed E-state index contributed by atoms with van der Waals surface area (Å²) in [4.78, 5) is 15.1. The zero-order valence-corrected chi connectivity index (χ0v) is 13.5. The number of methoxy groups -OCH3 is 1. The van der Waals surface area contributed by atoms with Gasteiger partial charge >= 0.3 is 0 Å². The van der Waals surface area contributed by atoms with Crippen molar-refractivity contribution in [3.05, 3.63) is 76.1 Å². The first-order chi connectivity index (χ1) is 11.6. The van der Waals surface area contributed by atoms with E-state index in [4.69, 9.17) is 4.74 Å². The maximum absolute atomic E-state index is 12.4. The molecule has 0 saturated carbocycles. The van der Waals surface area contributed by atoms with Gasteiger partial charge in [0.05, 0.1) is 7.11 Å². The molecule has 0 spiro atoms. The molecule has 0 amide bonds. The van der Waals surface area contributed by atoms with E-state index >= 15 is 0 Å². The topological polar surface area (TPSA) is 65.9 Å². The van der Waals surface area contributed by atoms with Crippen molar-refractivity contribution in [1.82, 2.24) is 4.98 Å². The summed E-state index contributed by atoms with van der Waals surface area (Å²) in [6.07, 6.45) is 0. The second kappa shape index (κ2) is 6.43. The lowest BCUT2D eigenvalue weighted by atomic mass is 9.98. The third-order valence-corrected chi connectivity index (χ3v) is 3.89. The maximum Gasteiger partial charge on any atom is 0.266 e. The Labute approximate surface area is 140 Å². The summed E-state index contributed by atoms with van der Waals surface area (Å²) in [6.45, 7) is 1.99. The predicted molar refractivity (Wildman–Crippen MR) is 93.9 cm³/mol. The minimum Gasteiger partial charge on any atom is -0.497 e. The number of rotatable bonds is 3. The predicted octanol–water partition coefficient (Wildman–Crippen LogP) is 3.90. The monoisotopic (exact) mass is 316 g/mol. The highest BCUT2D eigenvalue weighted by atomic mass is 16.5. The Hall–Kier alpha value is -3.32. The molecule has 0 aliphatic carbocycles. The van der Waals surface area contributed by atoms with Crippen molar-refractivity contribution in [1.29, 1.82) is 5.26 Å². The average molecular weight is 316 g/mol. The van der Waals surface area contributed by atoms with Gasteiger partial charge in [0.1, 0.15) is 17.4 Å². The van der Waals surface area contributed by atoms with Gasteiger partial charge in [-0.1, -0.05) is 42.0 Å². The molecule has 1 N–H and O–H groups in total. The van der Waals surface area contributed by atoms with Gasteiger partial charge in [0.15, 0.2) is 0 Å². The van der Waals surface area contributed by atoms with E-state index in [0.717, 1.165) is 16.7 Å². The van der Waals surface area contributed by atoms with Crippen LogP contribution in [-0.2, 0) is 0 Å². The van der Waals surface area contributed by atoms with Gasteiger partial charge in [-0.2, -0.15) is 5.26 Å². The molecule has 4 heteroatoms. The number of H-pyrrole nitrogens is 1. The highest BCUT2D eigenvalue weighted by Gasteiger charge is 2.12. The molecule has 0 atom stereocenters. The minimum atomic E-state index is -0.395. The van der Waals surface area contributed by atoms with Crippen molar-refractivity contribution < 1.29 is 4.74 Å². The zero-order valence-electron chi connectivity index (χ0n) is 13.5. The highest BCUT2D eigenvalue weighted by Crippen LogP contribution is 2.27. The maximum atomic E-state index is 12.4. The Morgan fingerprint density at radius 1 is 1.04 bits per heavy atom. The largest absolute Gasteiger partial charge is 0.497 e. The first-order valence-electron chi connectivity index (χ1n) is 7.51. The second-order valence-corrected chi connectivity index (χ2v) is 5.51. The number of hydrogen-bond acceptors (Lipinski definition) is 3. The average Bonchev–Trinajstić information content (AvgIpc) is 2.61. The SMILES string of the molecule is COc1cccc(-c2cc(-c3ccc(C)cc3)c(C#N)c(=O)[nH]2)c1. The Balaban J connectivity index is 2.22. The number of aromatic amines is 1.